The number of aryl methyl sites for hydroxylation is 1. The molecule has 0 saturated heterocycles. The second kappa shape index (κ2) is 5.37. The Morgan fingerprint density at radius 3 is 2.67 bits per heavy atom. The zero-order valence-electron chi connectivity index (χ0n) is 11.4. The van der Waals surface area contributed by atoms with Crippen molar-refractivity contribution in [3.63, 3.8) is 0 Å². The molecule has 3 rings (SSSR count). The second-order valence-corrected chi connectivity index (χ2v) is 5.87. The van der Waals surface area contributed by atoms with Crippen LogP contribution in [-0.2, 0) is 0 Å². The van der Waals surface area contributed by atoms with E-state index in [1.807, 2.05) is 41.8 Å². The van der Waals surface area contributed by atoms with Gasteiger partial charge in [0.25, 0.3) is 0 Å². The number of para-hydroxylation sites is 1. The van der Waals surface area contributed by atoms with Crippen molar-refractivity contribution in [3.8, 4) is 11.4 Å². The molecule has 0 aliphatic rings. The summed E-state index contributed by atoms with van der Waals surface area (Å²) < 4.78 is 7.76. The van der Waals surface area contributed by atoms with E-state index >= 15 is 0 Å². The molecule has 108 valence electrons. The topological polar surface area (TPSA) is 29.9 Å². The minimum atomic E-state index is 0.538. The SMILES string of the molecule is COc1cccc2c1[nH]c(=S)n2-c1cc(Cl)c(C)cc1Cl. The standard InChI is InChI=1S/C15H12Cl2N2OS/c1-8-6-10(17)12(7-9(8)16)19-11-4-3-5-13(20-2)14(11)18-15(19)21/h3-7H,1-2H3,(H,18,21). The van der Waals surface area contributed by atoms with Crippen molar-refractivity contribution in [1.82, 2.24) is 9.55 Å². The Kier molecular flexibility index (Phi) is 3.69. The number of aromatic amines is 1. The van der Waals surface area contributed by atoms with Crippen LogP contribution in [0.4, 0.5) is 0 Å². The van der Waals surface area contributed by atoms with Gasteiger partial charge >= 0.3 is 0 Å². The third kappa shape index (κ3) is 2.33. The molecule has 1 aromatic heterocycles. The number of nitrogens with one attached hydrogen (secondary N) is 1. The number of hydrogen-bond acceptors (Lipinski definition) is 2. The Bertz CT molecular complexity index is 899. The summed E-state index contributed by atoms with van der Waals surface area (Å²) in [5, 5.41) is 1.24. The van der Waals surface area contributed by atoms with Gasteiger partial charge in [-0.15, -0.1) is 0 Å². The number of aromatic nitrogens is 2. The minimum Gasteiger partial charge on any atom is -0.494 e. The van der Waals surface area contributed by atoms with Crippen molar-refractivity contribution in [2.75, 3.05) is 7.11 Å². The summed E-state index contributed by atoms with van der Waals surface area (Å²) in [6.45, 7) is 1.91. The van der Waals surface area contributed by atoms with E-state index in [2.05, 4.69) is 4.98 Å². The number of methoxy groups -OCH3 is 1. The fourth-order valence-electron chi connectivity index (χ4n) is 2.32. The predicted octanol–water partition coefficient (Wildman–Crippen LogP) is 5.31. The average molecular weight is 339 g/mol. The van der Waals surface area contributed by atoms with Crippen LogP contribution in [-0.4, -0.2) is 16.7 Å². The number of ether oxygens (including phenoxy) is 1. The first-order valence-corrected chi connectivity index (χ1v) is 7.43. The van der Waals surface area contributed by atoms with Gasteiger partial charge in [0, 0.05) is 5.02 Å². The third-order valence-corrected chi connectivity index (χ3v) is 4.36. The zero-order valence-corrected chi connectivity index (χ0v) is 13.7. The Hall–Kier alpha value is -1.49. The summed E-state index contributed by atoms with van der Waals surface area (Å²) in [4.78, 5) is 3.16. The summed E-state index contributed by atoms with van der Waals surface area (Å²) in [6.07, 6.45) is 0. The number of imidazole rings is 1. The molecule has 0 amide bonds. The summed E-state index contributed by atoms with van der Waals surface area (Å²) in [6, 6.07) is 9.39. The Balaban J connectivity index is 2.39. The van der Waals surface area contributed by atoms with Crippen molar-refractivity contribution in [1.29, 1.82) is 0 Å². The molecule has 0 unspecified atom stereocenters. The molecule has 0 bridgehead atoms. The Morgan fingerprint density at radius 1 is 1.19 bits per heavy atom. The van der Waals surface area contributed by atoms with Gasteiger partial charge in [0.1, 0.15) is 11.3 Å². The smallest absolute Gasteiger partial charge is 0.182 e. The van der Waals surface area contributed by atoms with Crippen molar-refractivity contribution < 1.29 is 4.74 Å². The minimum absolute atomic E-state index is 0.538. The monoisotopic (exact) mass is 338 g/mol. The molecular formula is C15H12Cl2N2OS. The molecule has 6 heteroatoms. The summed E-state index contributed by atoms with van der Waals surface area (Å²) in [5.41, 5.74) is 3.39. The average Bonchev–Trinajstić information content (AvgIpc) is 2.79. The first-order valence-electron chi connectivity index (χ1n) is 6.26. The van der Waals surface area contributed by atoms with E-state index in [9.17, 15) is 0 Å². The van der Waals surface area contributed by atoms with Crippen molar-refractivity contribution in [2.24, 2.45) is 0 Å². The molecule has 0 saturated carbocycles. The van der Waals surface area contributed by atoms with Crippen LogP contribution >= 0.6 is 35.4 Å². The Labute approximate surface area is 137 Å². The lowest BCUT2D eigenvalue weighted by Gasteiger charge is -2.10. The van der Waals surface area contributed by atoms with Gasteiger partial charge in [0.05, 0.1) is 23.3 Å². The predicted molar refractivity (Wildman–Crippen MR) is 89.8 cm³/mol. The number of H-pyrrole nitrogens is 1. The number of fused-ring (bicyclic) bond motifs is 1. The van der Waals surface area contributed by atoms with Gasteiger partial charge < -0.3 is 9.72 Å². The van der Waals surface area contributed by atoms with E-state index in [-0.39, 0.29) is 0 Å². The van der Waals surface area contributed by atoms with Crippen molar-refractivity contribution in [3.05, 3.63) is 50.7 Å². The maximum atomic E-state index is 6.37. The fourth-order valence-corrected chi connectivity index (χ4v) is 3.08. The maximum absolute atomic E-state index is 6.37. The quantitative estimate of drug-likeness (QED) is 0.641. The fraction of sp³-hybridized carbons (Fsp3) is 0.133. The maximum Gasteiger partial charge on any atom is 0.182 e. The number of benzene rings is 2. The number of rotatable bonds is 2. The van der Waals surface area contributed by atoms with Crippen LogP contribution in [0.15, 0.2) is 30.3 Å². The summed E-state index contributed by atoms with van der Waals surface area (Å²) in [7, 11) is 1.62. The van der Waals surface area contributed by atoms with Crippen LogP contribution in [0.5, 0.6) is 5.75 Å². The summed E-state index contributed by atoms with van der Waals surface area (Å²) in [5.74, 6) is 0.728. The first-order chi connectivity index (χ1) is 10.0. The Morgan fingerprint density at radius 2 is 1.95 bits per heavy atom. The van der Waals surface area contributed by atoms with E-state index in [4.69, 9.17) is 40.2 Å². The molecule has 0 spiro atoms. The molecule has 0 aliphatic heterocycles. The van der Waals surface area contributed by atoms with E-state index in [0.29, 0.717) is 14.8 Å². The lowest BCUT2D eigenvalue weighted by molar-refractivity contribution is 0.419. The molecule has 3 aromatic rings. The first kappa shape index (κ1) is 14.4. The lowest BCUT2D eigenvalue weighted by Crippen LogP contribution is -1.96. The van der Waals surface area contributed by atoms with Crippen molar-refractivity contribution >= 4 is 46.5 Å². The van der Waals surface area contributed by atoms with Gasteiger partial charge in [-0.25, -0.2) is 0 Å². The zero-order chi connectivity index (χ0) is 15.1. The molecule has 2 aromatic carbocycles. The van der Waals surface area contributed by atoms with Crippen LogP contribution in [0.1, 0.15) is 5.56 Å². The molecule has 21 heavy (non-hydrogen) atoms. The number of halogens is 2. The molecule has 1 N–H and O–H groups in total. The molecular weight excluding hydrogens is 327 g/mol. The van der Waals surface area contributed by atoms with Gasteiger partial charge in [-0.1, -0.05) is 29.3 Å². The largest absolute Gasteiger partial charge is 0.494 e. The lowest BCUT2D eigenvalue weighted by atomic mass is 10.2. The molecule has 3 nitrogen and oxygen atoms in total. The van der Waals surface area contributed by atoms with Gasteiger partial charge in [0.15, 0.2) is 4.77 Å². The normalized spacial score (nSPS) is 11.0. The van der Waals surface area contributed by atoms with Crippen LogP contribution < -0.4 is 4.74 Å². The van der Waals surface area contributed by atoms with Crippen LogP contribution in [0.3, 0.4) is 0 Å². The molecule has 1 heterocycles. The molecule has 0 aliphatic carbocycles. The third-order valence-electron chi connectivity index (χ3n) is 3.37. The highest BCUT2D eigenvalue weighted by molar-refractivity contribution is 7.71. The molecule has 0 radical (unpaired) electrons. The molecule has 0 atom stereocenters. The van der Waals surface area contributed by atoms with E-state index in [0.717, 1.165) is 28.0 Å². The van der Waals surface area contributed by atoms with E-state index in [1.54, 1.807) is 7.11 Å². The van der Waals surface area contributed by atoms with Crippen molar-refractivity contribution in [2.45, 2.75) is 6.92 Å². The number of hydrogen-bond donors (Lipinski definition) is 1. The van der Waals surface area contributed by atoms with Crippen LogP contribution in [0, 0.1) is 11.7 Å². The van der Waals surface area contributed by atoms with Gasteiger partial charge in [-0.05, 0) is 49.0 Å². The van der Waals surface area contributed by atoms with Gasteiger partial charge in [0.2, 0.25) is 0 Å². The van der Waals surface area contributed by atoms with E-state index in [1.165, 1.54) is 0 Å². The van der Waals surface area contributed by atoms with Crippen LogP contribution in [0.2, 0.25) is 10.0 Å². The highest BCUT2D eigenvalue weighted by atomic mass is 35.5. The second-order valence-electron chi connectivity index (χ2n) is 4.67. The van der Waals surface area contributed by atoms with Gasteiger partial charge in [-0.3, -0.25) is 4.57 Å². The highest BCUT2D eigenvalue weighted by Crippen LogP contribution is 2.32. The highest BCUT2D eigenvalue weighted by Gasteiger charge is 2.14. The van der Waals surface area contributed by atoms with Gasteiger partial charge in [-0.2, -0.15) is 0 Å². The summed E-state index contributed by atoms with van der Waals surface area (Å²) >= 11 is 18.0. The number of nitrogens with zero attached hydrogens (tertiary/aromatic N) is 1. The van der Waals surface area contributed by atoms with E-state index < -0.39 is 0 Å². The van der Waals surface area contributed by atoms with Crippen LogP contribution in [0.25, 0.3) is 16.7 Å². The molecule has 0 fully saturated rings.